The SMILES string of the molecule is CC[C@@H](C)[C@@H]1NC(=O)C(C(C)=O)=C1O.c1ccc(CNCCNCc2ccccc2)cc1. The number of hydrogen-bond acceptors (Lipinski definition) is 5. The van der Waals surface area contributed by atoms with Crippen molar-refractivity contribution in [2.24, 2.45) is 5.92 Å². The number of aliphatic hydroxyl groups is 1. The molecule has 0 radical (unpaired) electrons. The molecule has 0 spiro atoms. The number of ketones is 1. The van der Waals surface area contributed by atoms with Crippen molar-refractivity contribution in [3.63, 3.8) is 0 Å². The molecule has 0 bridgehead atoms. The Bertz CT molecular complexity index is 838. The van der Waals surface area contributed by atoms with Crippen molar-refractivity contribution < 1.29 is 14.7 Å². The zero-order valence-electron chi connectivity index (χ0n) is 19.2. The summed E-state index contributed by atoms with van der Waals surface area (Å²) in [4.78, 5) is 22.4. The van der Waals surface area contributed by atoms with Crippen LogP contribution >= 0.6 is 0 Å². The van der Waals surface area contributed by atoms with E-state index in [1.54, 1.807) is 0 Å². The van der Waals surface area contributed by atoms with Gasteiger partial charge in [-0.25, -0.2) is 0 Å². The number of carbonyl (C=O) groups excluding carboxylic acids is 2. The minimum atomic E-state index is -0.458. The minimum absolute atomic E-state index is 0.0877. The fourth-order valence-corrected chi connectivity index (χ4v) is 3.38. The molecule has 1 aliphatic rings. The molecular weight excluding hydrogens is 402 g/mol. The van der Waals surface area contributed by atoms with E-state index in [1.165, 1.54) is 18.1 Å². The number of rotatable bonds is 10. The Kier molecular flexibility index (Phi) is 10.6. The molecule has 0 saturated carbocycles. The topological polar surface area (TPSA) is 90.5 Å². The number of nitrogens with one attached hydrogen (secondary N) is 3. The van der Waals surface area contributed by atoms with Gasteiger partial charge in [0, 0.05) is 26.2 Å². The lowest BCUT2D eigenvalue weighted by Crippen LogP contribution is -2.34. The van der Waals surface area contributed by atoms with E-state index in [0.29, 0.717) is 0 Å². The third-order valence-corrected chi connectivity index (χ3v) is 5.45. The molecule has 1 heterocycles. The normalized spacial score (nSPS) is 16.2. The molecule has 2 aromatic rings. The van der Waals surface area contributed by atoms with Crippen molar-refractivity contribution >= 4 is 11.7 Å². The highest BCUT2D eigenvalue weighted by Gasteiger charge is 2.36. The Hall–Kier alpha value is -2.96. The average Bonchev–Trinajstić information content (AvgIpc) is 3.11. The molecule has 32 heavy (non-hydrogen) atoms. The van der Waals surface area contributed by atoms with E-state index in [4.69, 9.17) is 0 Å². The summed E-state index contributed by atoms with van der Waals surface area (Å²) >= 11 is 0. The lowest BCUT2D eigenvalue weighted by Gasteiger charge is -2.17. The third kappa shape index (κ3) is 7.94. The summed E-state index contributed by atoms with van der Waals surface area (Å²) < 4.78 is 0. The number of benzene rings is 2. The number of amides is 1. The first-order chi connectivity index (χ1) is 15.4. The maximum absolute atomic E-state index is 11.3. The van der Waals surface area contributed by atoms with Gasteiger partial charge in [-0.3, -0.25) is 9.59 Å². The summed E-state index contributed by atoms with van der Waals surface area (Å²) in [5.74, 6) is -0.807. The summed E-state index contributed by atoms with van der Waals surface area (Å²) in [6.07, 6.45) is 0.834. The molecule has 3 rings (SSSR count). The zero-order valence-corrected chi connectivity index (χ0v) is 19.2. The molecule has 6 nitrogen and oxygen atoms in total. The molecule has 1 amide bonds. The molecule has 0 aromatic heterocycles. The van der Waals surface area contributed by atoms with Gasteiger partial charge < -0.3 is 21.1 Å². The smallest absolute Gasteiger partial charge is 0.259 e. The second-order valence-corrected chi connectivity index (χ2v) is 7.98. The maximum atomic E-state index is 11.3. The van der Waals surface area contributed by atoms with Crippen LogP contribution in [0.3, 0.4) is 0 Å². The van der Waals surface area contributed by atoms with Gasteiger partial charge in [0.2, 0.25) is 0 Å². The molecule has 2 atom stereocenters. The minimum Gasteiger partial charge on any atom is -0.509 e. The standard InChI is InChI=1S/C16H20N2.C10H15NO3/c1-3-7-15(8-4-1)13-17-11-12-18-14-16-9-5-2-6-10-16;1-4-5(2)8-9(13)7(6(3)12)10(14)11-8/h1-10,17-18H,11-14H2;5,8,13H,4H2,1-3H3,(H,11,14)/t;5-,8+/m.1/s1. The maximum Gasteiger partial charge on any atom is 0.259 e. The molecule has 0 fully saturated rings. The Morgan fingerprint density at radius 1 is 0.969 bits per heavy atom. The van der Waals surface area contributed by atoms with Crippen LogP contribution in [0.1, 0.15) is 38.3 Å². The first kappa shape index (κ1) is 25.3. The largest absolute Gasteiger partial charge is 0.509 e. The van der Waals surface area contributed by atoms with E-state index < -0.39 is 11.9 Å². The molecule has 0 saturated heterocycles. The molecule has 172 valence electrons. The van der Waals surface area contributed by atoms with Gasteiger partial charge in [-0.2, -0.15) is 0 Å². The van der Waals surface area contributed by atoms with E-state index >= 15 is 0 Å². The highest BCUT2D eigenvalue weighted by atomic mass is 16.3. The van der Waals surface area contributed by atoms with Crippen LogP contribution in [0.15, 0.2) is 72.0 Å². The predicted molar refractivity (Wildman–Crippen MR) is 128 cm³/mol. The molecule has 0 aliphatic carbocycles. The number of hydrogen-bond donors (Lipinski definition) is 4. The highest BCUT2D eigenvalue weighted by Crippen LogP contribution is 2.23. The molecule has 6 heteroatoms. The van der Waals surface area contributed by atoms with Crippen LogP contribution in [-0.4, -0.2) is 35.9 Å². The number of Topliss-reactive ketones (excluding diaryl/α,β-unsaturated/α-hetero) is 1. The lowest BCUT2D eigenvalue weighted by atomic mass is 9.97. The van der Waals surface area contributed by atoms with Gasteiger partial charge in [-0.05, 0) is 24.0 Å². The van der Waals surface area contributed by atoms with E-state index in [1.807, 2.05) is 26.0 Å². The summed E-state index contributed by atoms with van der Waals surface area (Å²) in [5.41, 5.74) is 2.58. The van der Waals surface area contributed by atoms with Crippen LogP contribution in [0.25, 0.3) is 0 Å². The van der Waals surface area contributed by atoms with Crippen molar-refractivity contribution in [3.05, 3.63) is 83.1 Å². The van der Waals surface area contributed by atoms with Crippen molar-refractivity contribution in [3.8, 4) is 0 Å². The lowest BCUT2D eigenvalue weighted by molar-refractivity contribution is -0.121. The number of carbonyl (C=O) groups is 2. The van der Waals surface area contributed by atoms with Gasteiger partial charge in [-0.1, -0.05) is 80.9 Å². The van der Waals surface area contributed by atoms with Crippen LogP contribution in [0.2, 0.25) is 0 Å². The summed E-state index contributed by atoms with van der Waals surface area (Å²) in [5, 5.41) is 19.1. The summed E-state index contributed by atoms with van der Waals surface area (Å²) in [6, 6.07) is 20.6. The molecule has 4 N–H and O–H groups in total. The van der Waals surface area contributed by atoms with Crippen molar-refractivity contribution in [2.45, 2.75) is 46.3 Å². The monoisotopic (exact) mass is 437 g/mol. The third-order valence-electron chi connectivity index (χ3n) is 5.45. The van der Waals surface area contributed by atoms with Gasteiger partial charge in [0.1, 0.15) is 11.3 Å². The molecular formula is C26H35N3O3. The Balaban J connectivity index is 0.000000235. The van der Waals surface area contributed by atoms with Gasteiger partial charge in [0.05, 0.1) is 6.04 Å². The molecule has 0 unspecified atom stereocenters. The Labute approximate surface area is 191 Å². The van der Waals surface area contributed by atoms with E-state index in [-0.39, 0.29) is 23.0 Å². The van der Waals surface area contributed by atoms with E-state index in [2.05, 4.69) is 64.5 Å². The molecule has 2 aromatic carbocycles. The van der Waals surface area contributed by atoms with Crippen molar-refractivity contribution in [1.29, 1.82) is 0 Å². The van der Waals surface area contributed by atoms with Gasteiger partial charge in [-0.15, -0.1) is 0 Å². The van der Waals surface area contributed by atoms with Gasteiger partial charge >= 0.3 is 0 Å². The number of aliphatic hydroxyl groups excluding tert-OH is 1. The van der Waals surface area contributed by atoms with E-state index in [0.717, 1.165) is 32.6 Å². The summed E-state index contributed by atoms with van der Waals surface area (Å²) in [7, 11) is 0. The molecule has 1 aliphatic heterocycles. The Morgan fingerprint density at radius 2 is 1.44 bits per heavy atom. The Morgan fingerprint density at radius 3 is 1.81 bits per heavy atom. The summed E-state index contributed by atoms with van der Waals surface area (Å²) in [6.45, 7) is 9.02. The van der Waals surface area contributed by atoms with Crippen LogP contribution in [0.4, 0.5) is 0 Å². The first-order valence-corrected chi connectivity index (χ1v) is 11.2. The van der Waals surface area contributed by atoms with E-state index in [9.17, 15) is 14.7 Å². The van der Waals surface area contributed by atoms with Gasteiger partial charge in [0.15, 0.2) is 5.78 Å². The zero-order chi connectivity index (χ0) is 23.3. The second kappa shape index (κ2) is 13.5. The van der Waals surface area contributed by atoms with Crippen molar-refractivity contribution in [2.75, 3.05) is 13.1 Å². The van der Waals surface area contributed by atoms with Crippen LogP contribution in [0, 0.1) is 5.92 Å². The quantitative estimate of drug-likeness (QED) is 0.337. The van der Waals surface area contributed by atoms with Crippen LogP contribution in [0.5, 0.6) is 0 Å². The fourth-order valence-electron chi connectivity index (χ4n) is 3.38. The average molecular weight is 438 g/mol. The van der Waals surface area contributed by atoms with Crippen molar-refractivity contribution in [1.82, 2.24) is 16.0 Å². The first-order valence-electron chi connectivity index (χ1n) is 11.2. The fraction of sp³-hybridized carbons (Fsp3) is 0.385. The predicted octanol–water partition coefficient (Wildman–Crippen LogP) is 3.50. The van der Waals surface area contributed by atoms with Crippen LogP contribution in [-0.2, 0) is 22.7 Å². The van der Waals surface area contributed by atoms with Crippen LogP contribution < -0.4 is 16.0 Å². The second-order valence-electron chi connectivity index (χ2n) is 7.98. The van der Waals surface area contributed by atoms with Gasteiger partial charge in [0.25, 0.3) is 5.91 Å². The highest BCUT2D eigenvalue weighted by molar-refractivity contribution is 6.20.